The van der Waals surface area contributed by atoms with Gasteiger partial charge in [-0.3, -0.25) is 15.1 Å². The van der Waals surface area contributed by atoms with E-state index in [1.165, 1.54) is 42.8 Å². The topological polar surface area (TPSA) is 64.1 Å². The van der Waals surface area contributed by atoms with Crippen LogP contribution in [0, 0.1) is 5.82 Å². The number of benzene rings is 1. The Hall–Kier alpha value is -2.80. The minimum atomic E-state index is -0.380. The van der Waals surface area contributed by atoms with Gasteiger partial charge in [-0.1, -0.05) is 0 Å². The van der Waals surface area contributed by atoms with Crippen molar-refractivity contribution < 1.29 is 13.9 Å². The van der Waals surface area contributed by atoms with Crippen molar-refractivity contribution >= 4 is 22.4 Å². The van der Waals surface area contributed by atoms with Crippen molar-refractivity contribution in [2.75, 3.05) is 12.4 Å². The van der Waals surface area contributed by atoms with Gasteiger partial charge in [-0.25, -0.2) is 9.37 Å². The van der Waals surface area contributed by atoms with E-state index < -0.39 is 0 Å². The van der Waals surface area contributed by atoms with Crippen LogP contribution in [0.5, 0.6) is 5.75 Å². The summed E-state index contributed by atoms with van der Waals surface area (Å²) in [6.45, 7) is 0. The van der Waals surface area contributed by atoms with E-state index in [1.807, 2.05) is 0 Å². The summed E-state index contributed by atoms with van der Waals surface area (Å²) in [5.41, 5.74) is 1.51. The van der Waals surface area contributed by atoms with Gasteiger partial charge in [0.25, 0.3) is 5.91 Å². The van der Waals surface area contributed by atoms with Crippen LogP contribution in [-0.4, -0.2) is 23.0 Å². The van der Waals surface area contributed by atoms with Crippen LogP contribution < -0.4 is 10.1 Å². The molecule has 116 valence electrons. The van der Waals surface area contributed by atoms with Crippen LogP contribution in [0.15, 0.2) is 48.1 Å². The van der Waals surface area contributed by atoms with Crippen molar-refractivity contribution in [3.63, 3.8) is 0 Å². The Labute approximate surface area is 135 Å². The van der Waals surface area contributed by atoms with Crippen molar-refractivity contribution in [3.05, 3.63) is 59.5 Å². The van der Waals surface area contributed by atoms with Gasteiger partial charge in [0.2, 0.25) is 0 Å². The summed E-state index contributed by atoms with van der Waals surface area (Å²) in [4.78, 5) is 20.3. The Morgan fingerprint density at radius 1 is 1.35 bits per heavy atom. The molecule has 1 amide bonds. The smallest absolute Gasteiger partial charge is 0.259 e. The highest BCUT2D eigenvalue weighted by Crippen LogP contribution is 2.32. The quantitative estimate of drug-likeness (QED) is 0.794. The zero-order valence-electron chi connectivity index (χ0n) is 12.1. The molecule has 0 aliphatic heterocycles. The molecule has 2 aromatic heterocycles. The molecule has 0 saturated heterocycles. The van der Waals surface area contributed by atoms with Gasteiger partial charge >= 0.3 is 0 Å². The molecule has 0 fully saturated rings. The number of rotatable bonds is 4. The third-order valence-electron chi connectivity index (χ3n) is 3.09. The van der Waals surface area contributed by atoms with Gasteiger partial charge in [0.1, 0.15) is 11.6 Å². The number of nitrogens with one attached hydrogen (secondary N) is 1. The first kappa shape index (κ1) is 15.1. The summed E-state index contributed by atoms with van der Waals surface area (Å²) in [5, 5.41) is 4.84. The van der Waals surface area contributed by atoms with Gasteiger partial charge in [0.15, 0.2) is 5.13 Å². The molecule has 5 nitrogen and oxygen atoms in total. The molecule has 0 radical (unpaired) electrons. The van der Waals surface area contributed by atoms with Gasteiger partial charge in [0.05, 0.1) is 18.4 Å². The number of hydrogen-bond donors (Lipinski definition) is 1. The molecule has 2 heterocycles. The van der Waals surface area contributed by atoms with Crippen molar-refractivity contribution in [1.82, 2.24) is 9.97 Å². The molecule has 1 aromatic carbocycles. The van der Waals surface area contributed by atoms with Crippen molar-refractivity contribution in [2.45, 2.75) is 0 Å². The fourth-order valence-corrected chi connectivity index (χ4v) is 2.71. The van der Waals surface area contributed by atoms with E-state index in [4.69, 9.17) is 4.74 Å². The summed E-state index contributed by atoms with van der Waals surface area (Å²) in [7, 11) is 1.51. The lowest BCUT2D eigenvalue weighted by Gasteiger charge is -2.06. The predicted octanol–water partition coefficient (Wildman–Crippen LogP) is 3.61. The first-order valence-corrected chi connectivity index (χ1v) is 7.56. The van der Waals surface area contributed by atoms with E-state index in [-0.39, 0.29) is 11.7 Å². The van der Waals surface area contributed by atoms with Crippen LogP contribution in [-0.2, 0) is 0 Å². The van der Waals surface area contributed by atoms with Crippen LogP contribution in [0.1, 0.15) is 10.4 Å². The van der Waals surface area contributed by atoms with Crippen LogP contribution >= 0.6 is 11.3 Å². The normalized spacial score (nSPS) is 10.3. The molecule has 0 spiro atoms. The van der Waals surface area contributed by atoms with Gasteiger partial charge < -0.3 is 4.74 Å². The molecule has 0 bridgehead atoms. The van der Waals surface area contributed by atoms with Crippen LogP contribution in [0.4, 0.5) is 9.52 Å². The molecule has 0 unspecified atom stereocenters. The van der Waals surface area contributed by atoms with Gasteiger partial charge in [-0.2, -0.15) is 0 Å². The van der Waals surface area contributed by atoms with Crippen molar-refractivity contribution in [2.24, 2.45) is 0 Å². The zero-order valence-corrected chi connectivity index (χ0v) is 12.9. The molecule has 0 aliphatic carbocycles. The number of nitrogens with zero attached hydrogens (tertiary/aromatic N) is 2. The van der Waals surface area contributed by atoms with Gasteiger partial charge in [0, 0.05) is 23.3 Å². The summed E-state index contributed by atoms with van der Waals surface area (Å²) in [6.07, 6.45) is 3.06. The Balaban J connectivity index is 1.84. The molecule has 3 rings (SSSR count). The Morgan fingerprint density at radius 2 is 2.22 bits per heavy atom. The number of amides is 1. The SMILES string of the molecule is COc1ccc(F)cc1-c1csc(NC(=O)c2cccnc2)n1. The van der Waals surface area contributed by atoms with E-state index in [0.717, 1.165) is 0 Å². The number of pyridine rings is 1. The van der Waals surface area contributed by atoms with Crippen molar-refractivity contribution in [3.8, 4) is 17.0 Å². The van der Waals surface area contributed by atoms with Gasteiger partial charge in [-0.15, -0.1) is 11.3 Å². The second kappa shape index (κ2) is 6.53. The average molecular weight is 329 g/mol. The molecule has 7 heteroatoms. The van der Waals surface area contributed by atoms with Crippen LogP contribution in [0.2, 0.25) is 0 Å². The number of aromatic nitrogens is 2. The number of hydrogen-bond acceptors (Lipinski definition) is 5. The maximum atomic E-state index is 13.5. The summed E-state index contributed by atoms with van der Waals surface area (Å²) in [5.74, 6) is -0.165. The largest absolute Gasteiger partial charge is 0.496 e. The van der Waals surface area contributed by atoms with Crippen LogP contribution in [0.3, 0.4) is 0 Å². The predicted molar refractivity (Wildman–Crippen MR) is 86.3 cm³/mol. The minimum Gasteiger partial charge on any atom is -0.496 e. The molecule has 1 N–H and O–H groups in total. The monoisotopic (exact) mass is 329 g/mol. The van der Waals surface area contributed by atoms with E-state index in [0.29, 0.717) is 27.7 Å². The summed E-state index contributed by atoms with van der Waals surface area (Å²) >= 11 is 1.25. The van der Waals surface area contributed by atoms with E-state index >= 15 is 0 Å². The fraction of sp³-hybridized carbons (Fsp3) is 0.0625. The zero-order chi connectivity index (χ0) is 16.2. The highest BCUT2D eigenvalue weighted by Gasteiger charge is 2.13. The number of methoxy groups -OCH3 is 1. The van der Waals surface area contributed by atoms with E-state index in [2.05, 4.69) is 15.3 Å². The number of ether oxygens (including phenoxy) is 1. The maximum absolute atomic E-state index is 13.5. The number of halogens is 1. The molecule has 3 aromatic rings. The minimum absolute atomic E-state index is 0.301. The third kappa shape index (κ3) is 3.35. The summed E-state index contributed by atoms with van der Waals surface area (Å²) in [6, 6.07) is 7.55. The molecule has 0 aliphatic rings. The number of carbonyl (C=O) groups excluding carboxylic acids is 1. The third-order valence-corrected chi connectivity index (χ3v) is 3.84. The van der Waals surface area contributed by atoms with E-state index in [1.54, 1.807) is 23.7 Å². The van der Waals surface area contributed by atoms with Gasteiger partial charge in [-0.05, 0) is 30.3 Å². The number of anilines is 1. The Kier molecular flexibility index (Phi) is 4.29. The summed E-state index contributed by atoms with van der Waals surface area (Å²) < 4.78 is 18.7. The maximum Gasteiger partial charge on any atom is 0.259 e. The standard InChI is InChI=1S/C16H12FN3O2S/c1-22-14-5-4-11(17)7-12(14)13-9-23-16(19-13)20-15(21)10-3-2-6-18-8-10/h2-9H,1H3,(H,19,20,21). The fourth-order valence-electron chi connectivity index (χ4n) is 2.00. The highest BCUT2D eigenvalue weighted by molar-refractivity contribution is 7.14. The first-order chi connectivity index (χ1) is 11.2. The second-order valence-electron chi connectivity index (χ2n) is 4.58. The number of thiazole rings is 1. The van der Waals surface area contributed by atoms with E-state index in [9.17, 15) is 9.18 Å². The molecular weight excluding hydrogens is 317 g/mol. The Morgan fingerprint density at radius 3 is 2.96 bits per heavy atom. The lowest BCUT2D eigenvalue weighted by atomic mass is 10.1. The second-order valence-corrected chi connectivity index (χ2v) is 5.44. The van der Waals surface area contributed by atoms with Crippen LogP contribution in [0.25, 0.3) is 11.3 Å². The average Bonchev–Trinajstić information content (AvgIpc) is 3.04. The molecule has 0 saturated carbocycles. The number of carbonyl (C=O) groups is 1. The molecular formula is C16H12FN3O2S. The highest BCUT2D eigenvalue weighted by atomic mass is 32.1. The molecule has 23 heavy (non-hydrogen) atoms. The lowest BCUT2D eigenvalue weighted by molar-refractivity contribution is 0.102. The Bertz CT molecular complexity index is 836. The molecule has 0 atom stereocenters. The van der Waals surface area contributed by atoms with Crippen molar-refractivity contribution in [1.29, 1.82) is 0 Å². The lowest BCUT2D eigenvalue weighted by Crippen LogP contribution is -2.11. The first-order valence-electron chi connectivity index (χ1n) is 6.68.